The number of aryl methyl sites for hydroxylation is 2. The third-order valence-electron chi connectivity index (χ3n) is 2.28. The normalized spacial score (nSPS) is 10.8. The maximum absolute atomic E-state index is 5.71. The number of hydrogen-bond donors (Lipinski definition) is 0. The van der Waals surface area contributed by atoms with Gasteiger partial charge < -0.3 is 0 Å². The summed E-state index contributed by atoms with van der Waals surface area (Å²) in [5.74, 6) is 1.06. The topological polar surface area (TPSA) is 25.8 Å². The van der Waals surface area contributed by atoms with Crippen molar-refractivity contribution in [2.24, 2.45) is 0 Å². The summed E-state index contributed by atoms with van der Waals surface area (Å²) in [6.45, 7) is 4.06. The number of aromatic nitrogens is 2. The summed E-state index contributed by atoms with van der Waals surface area (Å²) in [4.78, 5) is 8.71. The molecule has 0 unspecified atom stereocenters. The Morgan fingerprint density at radius 3 is 2.71 bits per heavy atom. The molecule has 1 aromatic heterocycles. The largest absolute Gasteiger partial charge is 0.236 e. The van der Waals surface area contributed by atoms with Crippen LogP contribution in [0.2, 0.25) is 0 Å². The summed E-state index contributed by atoms with van der Waals surface area (Å²) in [5, 5.41) is 1.14. The van der Waals surface area contributed by atoms with Gasteiger partial charge in [0.25, 0.3) is 0 Å². The molecule has 0 spiro atoms. The van der Waals surface area contributed by atoms with Gasteiger partial charge in [-0.15, -0.1) is 11.6 Å². The van der Waals surface area contributed by atoms with Crippen LogP contribution in [0.5, 0.6) is 0 Å². The summed E-state index contributed by atoms with van der Waals surface area (Å²) in [7, 11) is 0. The first kappa shape index (κ1) is 9.41. The van der Waals surface area contributed by atoms with Gasteiger partial charge >= 0.3 is 0 Å². The van der Waals surface area contributed by atoms with Gasteiger partial charge in [-0.25, -0.2) is 9.97 Å². The highest BCUT2D eigenvalue weighted by Crippen LogP contribution is 2.19. The molecule has 0 N–H and O–H groups in total. The minimum absolute atomic E-state index is 0.366. The predicted octanol–water partition coefficient (Wildman–Crippen LogP) is 2.99. The second kappa shape index (κ2) is 3.54. The maximum atomic E-state index is 5.71. The molecule has 0 bridgehead atoms. The lowest BCUT2D eigenvalue weighted by Gasteiger charge is -2.05. The molecule has 72 valence electrons. The summed E-state index contributed by atoms with van der Waals surface area (Å²) in [5.41, 5.74) is 3.19. The lowest BCUT2D eigenvalue weighted by molar-refractivity contribution is 1.03. The number of benzene rings is 1. The lowest BCUT2D eigenvalue weighted by atomic mass is 10.1. The van der Waals surface area contributed by atoms with Gasteiger partial charge in [0, 0.05) is 11.1 Å². The molecule has 1 aromatic carbocycles. The second-order valence-corrected chi connectivity index (χ2v) is 3.60. The molecule has 0 saturated carbocycles. The molecule has 0 aliphatic rings. The molecular weight excluding hydrogens is 196 g/mol. The number of alkyl halides is 1. The van der Waals surface area contributed by atoms with Crippen molar-refractivity contribution in [3.63, 3.8) is 0 Å². The minimum atomic E-state index is 0.366. The fourth-order valence-electron chi connectivity index (χ4n) is 1.69. The quantitative estimate of drug-likeness (QED) is 0.671. The third kappa shape index (κ3) is 1.46. The van der Waals surface area contributed by atoms with Crippen molar-refractivity contribution in [3.8, 4) is 0 Å². The van der Waals surface area contributed by atoms with E-state index >= 15 is 0 Å². The van der Waals surface area contributed by atoms with Crippen molar-refractivity contribution < 1.29 is 0 Å². The molecule has 0 fully saturated rings. The van der Waals surface area contributed by atoms with Crippen molar-refractivity contribution in [1.82, 2.24) is 9.97 Å². The van der Waals surface area contributed by atoms with Gasteiger partial charge in [-0.05, 0) is 25.5 Å². The average Bonchev–Trinajstić information content (AvgIpc) is 2.17. The minimum Gasteiger partial charge on any atom is -0.236 e. The Labute approximate surface area is 88.0 Å². The first-order valence-corrected chi connectivity index (χ1v) is 5.04. The van der Waals surface area contributed by atoms with Crippen LogP contribution in [0.1, 0.15) is 17.1 Å². The molecule has 0 amide bonds. The van der Waals surface area contributed by atoms with E-state index in [4.69, 9.17) is 11.6 Å². The van der Waals surface area contributed by atoms with E-state index in [1.165, 1.54) is 5.56 Å². The van der Waals surface area contributed by atoms with E-state index in [0.717, 1.165) is 16.6 Å². The Morgan fingerprint density at radius 2 is 2.00 bits per heavy atom. The molecule has 0 aliphatic carbocycles. The molecule has 0 saturated heterocycles. The molecule has 3 heteroatoms. The van der Waals surface area contributed by atoms with E-state index in [2.05, 4.69) is 23.0 Å². The Kier molecular flexibility index (Phi) is 2.38. The highest BCUT2D eigenvalue weighted by Gasteiger charge is 2.05. The Bertz CT molecular complexity index is 480. The fraction of sp³-hybridized carbons (Fsp3) is 0.273. The van der Waals surface area contributed by atoms with Gasteiger partial charge in [-0.1, -0.05) is 12.1 Å². The zero-order chi connectivity index (χ0) is 10.1. The van der Waals surface area contributed by atoms with Crippen LogP contribution >= 0.6 is 11.6 Å². The van der Waals surface area contributed by atoms with E-state index in [9.17, 15) is 0 Å². The number of rotatable bonds is 1. The van der Waals surface area contributed by atoms with Crippen LogP contribution in [0.3, 0.4) is 0 Å². The lowest BCUT2D eigenvalue weighted by Crippen LogP contribution is -1.96. The monoisotopic (exact) mass is 206 g/mol. The van der Waals surface area contributed by atoms with Crippen LogP contribution in [0.4, 0.5) is 0 Å². The van der Waals surface area contributed by atoms with Gasteiger partial charge in [0.1, 0.15) is 5.82 Å². The average molecular weight is 207 g/mol. The van der Waals surface area contributed by atoms with Gasteiger partial charge in [0.15, 0.2) is 0 Å². The van der Waals surface area contributed by atoms with Crippen molar-refractivity contribution >= 4 is 22.5 Å². The van der Waals surface area contributed by atoms with Crippen molar-refractivity contribution in [3.05, 3.63) is 35.3 Å². The van der Waals surface area contributed by atoms with E-state index in [-0.39, 0.29) is 0 Å². The van der Waals surface area contributed by atoms with Gasteiger partial charge in [0.05, 0.1) is 11.4 Å². The van der Waals surface area contributed by atoms with Gasteiger partial charge in [0.2, 0.25) is 0 Å². The Morgan fingerprint density at radius 1 is 1.21 bits per heavy atom. The highest BCUT2D eigenvalue weighted by atomic mass is 35.5. The van der Waals surface area contributed by atoms with E-state index in [1.54, 1.807) is 0 Å². The van der Waals surface area contributed by atoms with Crippen LogP contribution in [0, 0.1) is 13.8 Å². The maximum Gasteiger partial charge on any atom is 0.144 e. The number of hydrogen-bond acceptors (Lipinski definition) is 2. The van der Waals surface area contributed by atoms with Crippen LogP contribution < -0.4 is 0 Å². The standard InChI is InChI=1S/C11H11ClN2/c1-7-4-3-5-9-11(7)8(2)13-10(6-12)14-9/h3-5H,6H2,1-2H3. The molecule has 0 aliphatic heterocycles. The van der Waals surface area contributed by atoms with Crippen LogP contribution in [0.15, 0.2) is 18.2 Å². The number of halogens is 1. The van der Waals surface area contributed by atoms with Gasteiger partial charge in [-0.3, -0.25) is 0 Å². The Balaban J connectivity index is 2.83. The van der Waals surface area contributed by atoms with E-state index in [0.29, 0.717) is 11.7 Å². The van der Waals surface area contributed by atoms with Crippen molar-refractivity contribution in [2.75, 3.05) is 0 Å². The first-order valence-electron chi connectivity index (χ1n) is 4.51. The number of fused-ring (bicyclic) bond motifs is 1. The summed E-state index contributed by atoms with van der Waals surface area (Å²) >= 11 is 5.71. The van der Waals surface area contributed by atoms with E-state index < -0.39 is 0 Å². The molecule has 2 nitrogen and oxygen atoms in total. The zero-order valence-electron chi connectivity index (χ0n) is 8.21. The van der Waals surface area contributed by atoms with Gasteiger partial charge in [-0.2, -0.15) is 0 Å². The van der Waals surface area contributed by atoms with Crippen LogP contribution in [-0.4, -0.2) is 9.97 Å². The first-order chi connectivity index (χ1) is 6.72. The molecule has 0 radical (unpaired) electrons. The molecule has 2 rings (SSSR count). The zero-order valence-corrected chi connectivity index (χ0v) is 8.97. The second-order valence-electron chi connectivity index (χ2n) is 3.33. The van der Waals surface area contributed by atoms with Crippen molar-refractivity contribution in [1.29, 1.82) is 0 Å². The summed E-state index contributed by atoms with van der Waals surface area (Å²) < 4.78 is 0. The molecular formula is C11H11ClN2. The Hall–Kier alpha value is -1.15. The highest BCUT2D eigenvalue weighted by molar-refractivity contribution is 6.16. The third-order valence-corrected chi connectivity index (χ3v) is 2.52. The predicted molar refractivity (Wildman–Crippen MR) is 58.6 cm³/mol. The van der Waals surface area contributed by atoms with Crippen LogP contribution in [0.25, 0.3) is 10.9 Å². The molecule has 0 atom stereocenters. The smallest absolute Gasteiger partial charge is 0.144 e. The fourth-order valence-corrected chi connectivity index (χ4v) is 1.81. The summed E-state index contributed by atoms with van der Waals surface area (Å²) in [6, 6.07) is 6.06. The van der Waals surface area contributed by atoms with Crippen LogP contribution in [-0.2, 0) is 5.88 Å². The molecule has 1 heterocycles. The SMILES string of the molecule is Cc1cccc2nc(CCl)nc(C)c12. The summed E-state index contributed by atoms with van der Waals surface area (Å²) in [6.07, 6.45) is 0. The molecule has 14 heavy (non-hydrogen) atoms. The van der Waals surface area contributed by atoms with E-state index in [1.807, 2.05) is 19.1 Å². The number of nitrogens with zero attached hydrogens (tertiary/aromatic N) is 2. The molecule has 2 aromatic rings. The van der Waals surface area contributed by atoms with Crippen molar-refractivity contribution in [2.45, 2.75) is 19.7 Å².